The SMILES string of the molecule is COc1ccc(NC(=O)N2CCCC23CCCN(CCc2ccccc2)C3=O)cc1. The van der Waals surface area contributed by atoms with E-state index in [2.05, 4.69) is 17.4 Å². The number of rotatable bonds is 5. The average Bonchev–Trinajstić information content (AvgIpc) is 3.20. The molecule has 2 aromatic carbocycles. The van der Waals surface area contributed by atoms with Crippen LogP contribution in [0.25, 0.3) is 0 Å². The summed E-state index contributed by atoms with van der Waals surface area (Å²) in [7, 11) is 1.61. The fraction of sp³-hybridized carbons (Fsp3) is 0.417. The second-order valence-electron chi connectivity index (χ2n) is 8.08. The van der Waals surface area contributed by atoms with Crippen molar-refractivity contribution in [1.82, 2.24) is 9.80 Å². The zero-order valence-electron chi connectivity index (χ0n) is 17.5. The van der Waals surface area contributed by atoms with Crippen molar-refractivity contribution in [2.75, 3.05) is 32.1 Å². The van der Waals surface area contributed by atoms with Gasteiger partial charge in [0.15, 0.2) is 0 Å². The summed E-state index contributed by atoms with van der Waals surface area (Å²) in [4.78, 5) is 30.3. The maximum Gasteiger partial charge on any atom is 0.322 e. The van der Waals surface area contributed by atoms with Crippen LogP contribution in [0.3, 0.4) is 0 Å². The number of nitrogens with one attached hydrogen (secondary N) is 1. The van der Waals surface area contributed by atoms with Gasteiger partial charge in [0.1, 0.15) is 11.3 Å². The van der Waals surface area contributed by atoms with Crippen LogP contribution in [-0.4, -0.2) is 54.0 Å². The largest absolute Gasteiger partial charge is 0.497 e. The smallest absolute Gasteiger partial charge is 0.322 e. The average molecular weight is 408 g/mol. The summed E-state index contributed by atoms with van der Waals surface area (Å²) in [5, 5.41) is 2.96. The highest BCUT2D eigenvalue weighted by Crippen LogP contribution is 2.38. The van der Waals surface area contributed by atoms with Crippen LogP contribution in [0.2, 0.25) is 0 Å². The number of benzene rings is 2. The number of hydrogen-bond donors (Lipinski definition) is 1. The Kier molecular flexibility index (Phi) is 5.93. The van der Waals surface area contributed by atoms with E-state index in [1.165, 1.54) is 5.56 Å². The van der Waals surface area contributed by atoms with Gasteiger partial charge in [-0.25, -0.2) is 4.79 Å². The van der Waals surface area contributed by atoms with E-state index in [4.69, 9.17) is 4.74 Å². The molecule has 1 atom stereocenters. The topological polar surface area (TPSA) is 61.9 Å². The van der Waals surface area contributed by atoms with E-state index in [0.29, 0.717) is 18.8 Å². The van der Waals surface area contributed by atoms with Crippen molar-refractivity contribution in [2.45, 2.75) is 37.6 Å². The molecule has 2 aromatic rings. The number of likely N-dealkylation sites (tertiary alicyclic amines) is 2. The second kappa shape index (κ2) is 8.78. The van der Waals surface area contributed by atoms with Gasteiger partial charge >= 0.3 is 6.03 Å². The quantitative estimate of drug-likeness (QED) is 0.817. The highest BCUT2D eigenvalue weighted by atomic mass is 16.5. The van der Waals surface area contributed by atoms with Gasteiger partial charge in [0.05, 0.1) is 7.11 Å². The van der Waals surface area contributed by atoms with Crippen molar-refractivity contribution >= 4 is 17.6 Å². The van der Waals surface area contributed by atoms with E-state index in [0.717, 1.165) is 44.4 Å². The van der Waals surface area contributed by atoms with E-state index in [1.54, 1.807) is 12.0 Å². The minimum absolute atomic E-state index is 0.104. The highest BCUT2D eigenvalue weighted by molar-refractivity contribution is 5.97. The molecule has 2 saturated heterocycles. The normalized spacial score (nSPS) is 21.2. The molecule has 2 aliphatic heterocycles. The molecule has 0 radical (unpaired) electrons. The lowest BCUT2D eigenvalue weighted by Gasteiger charge is -2.44. The number of carbonyl (C=O) groups excluding carboxylic acids is 2. The third kappa shape index (κ3) is 3.99. The molecule has 0 aromatic heterocycles. The van der Waals surface area contributed by atoms with Crippen LogP contribution in [0.15, 0.2) is 54.6 Å². The van der Waals surface area contributed by atoms with Gasteiger partial charge in [-0.1, -0.05) is 30.3 Å². The molecule has 0 aliphatic carbocycles. The fourth-order valence-corrected chi connectivity index (χ4v) is 4.71. The van der Waals surface area contributed by atoms with E-state index < -0.39 is 5.54 Å². The second-order valence-corrected chi connectivity index (χ2v) is 8.08. The van der Waals surface area contributed by atoms with Gasteiger partial charge in [0.2, 0.25) is 5.91 Å². The van der Waals surface area contributed by atoms with Crippen molar-refractivity contribution < 1.29 is 14.3 Å². The van der Waals surface area contributed by atoms with E-state index in [-0.39, 0.29) is 11.9 Å². The van der Waals surface area contributed by atoms with Crippen molar-refractivity contribution in [1.29, 1.82) is 0 Å². The number of methoxy groups -OCH3 is 1. The molecule has 6 nitrogen and oxygen atoms in total. The van der Waals surface area contributed by atoms with Gasteiger partial charge in [-0.2, -0.15) is 0 Å². The Hall–Kier alpha value is -3.02. The molecule has 1 spiro atoms. The Morgan fingerprint density at radius 1 is 1.03 bits per heavy atom. The summed E-state index contributed by atoms with van der Waals surface area (Å²) < 4.78 is 5.17. The van der Waals surface area contributed by atoms with Crippen LogP contribution in [0.5, 0.6) is 5.75 Å². The summed E-state index contributed by atoms with van der Waals surface area (Å²) in [6.07, 6.45) is 4.09. The molecule has 0 bridgehead atoms. The molecular weight excluding hydrogens is 378 g/mol. The zero-order chi connectivity index (χ0) is 21.0. The van der Waals surface area contributed by atoms with Gasteiger partial charge in [-0.05, 0) is 61.9 Å². The first kappa shape index (κ1) is 20.3. The van der Waals surface area contributed by atoms with Crippen molar-refractivity contribution in [3.63, 3.8) is 0 Å². The first-order chi connectivity index (χ1) is 14.6. The summed E-state index contributed by atoms with van der Waals surface area (Å²) in [6.45, 7) is 2.07. The Morgan fingerprint density at radius 3 is 2.43 bits per heavy atom. The van der Waals surface area contributed by atoms with Crippen LogP contribution < -0.4 is 10.1 Å². The van der Waals surface area contributed by atoms with Crippen LogP contribution >= 0.6 is 0 Å². The first-order valence-corrected chi connectivity index (χ1v) is 10.7. The molecule has 3 amide bonds. The van der Waals surface area contributed by atoms with Crippen LogP contribution in [0.1, 0.15) is 31.2 Å². The van der Waals surface area contributed by atoms with Crippen molar-refractivity contribution in [3.8, 4) is 5.75 Å². The molecule has 6 heteroatoms. The van der Waals surface area contributed by atoms with E-state index in [9.17, 15) is 9.59 Å². The molecular formula is C24H29N3O3. The number of urea groups is 1. The number of hydrogen-bond acceptors (Lipinski definition) is 3. The monoisotopic (exact) mass is 407 g/mol. The molecule has 30 heavy (non-hydrogen) atoms. The molecule has 2 fully saturated rings. The third-order valence-corrected chi connectivity index (χ3v) is 6.29. The summed E-state index contributed by atoms with van der Waals surface area (Å²) in [5.74, 6) is 0.842. The van der Waals surface area contributed by atoms with Crippen molar-refractivity contribution in [2.24, 2.45) is 0 Å². The number of piperidine rings is 1. The molecule has 2 heterocycles. The maximum absolute atomic E-state index is 13.5. The molecule has 4 rings (SSSR count). The molecule has 2 aliphatic rings. The molecule has 1 unspecified atom stereocenters. The van der Waals surface area contributed by atoms with Crippen LogP contribution in [0, 0.1) is 0 Å². The van der Waals surface area contributed by atoms with Crippen LogP contribution in [-0.2, 0) is 11.2 Å². The summed E-state index contributed by atoms with van der Waals surface area (Å²) >= 11 is 0. The number of nitrogens with zero attached hydrogens (tertiary/aromatic N) is 2. The van der Waals surface area contributed by atoms with E-state index >= 15 is 0 Å². The van der Waals surface area contributed by atoms with Crippen molar-refractivity contribution in [3.05, 3.63) is 60.2 Å². The molecule has 1 N–H and O–H groups in total. The lowest BCUT2D eigenvalue weighted by atomic mass is 9.85. The number of amides is 3. The van der Waals surface area contributed by atoms with Gasteiger partial charge < -0.3 is 19.9 Å². The lowest BCUT2D eigenvalue weighted by Crippen LogP contribution is -2.62. The van der Waals surface area contributed by atoms with E-state index in [1.807, 2.05) is 47.4 Å². The Labute approximate surface area is 177 Å². The van der Waals surface area contributed by atoms with Gasteiger partial charge in [-0.15, -0.1) is 0 Å². The zero-order valence-corrected chi connectivity index (χ0v) is 17.5. The molecule has 158 valence electrons. The Balaban J connectivity index is 1.45. The fourth-order valence-electron chi connectivity index (χ4n) is 4.71. The number of anilines is 1. The Morgan fingerprint density at radius 2 is 1.73 bits per heavy atom. The van der Waals surface area contributed by atoms with Crippen LogP contribution in [0.4, 0.5) is 10.5 Å². The van der Waals surface area contributed by atoms with Gasteiger partial charge in [-0.3, -0.25) is 4.79 Å². The summed E-state index contributed by atoms with van der Waals surface area (Å²) in [6, 6.07) is 17.3. The van der Waals surface area contributed by atoms with Gasteiger partial charge in [0.25, 0.3) is 0 Å². The number of carbonyl (C=O) groups is 2. The summed E-state index contributed by atoms with van der Waals surface area (Å²) in [5.41, 5.74) is 1.23. The molecule has 0 saturated carbocycles. The minimum atomic E-state index is -0.703. The third-order valence-electron chi connectivity index (χ3n) is 6.29. The number of ether oxygens (including phenoxy) is 1. The first-order valence-electron chi connectivity index (χ1n) is 10.7. The lowest BCUT2D eigenvalue weighted by molar-refractivity contribution is -0.145. The standard InChI is InChI=1S/C24H29N3O3/c1-30-21-11-9-20(10-12-21)25-23(29)27-17-6-15-24(27)14-5-16-26(22(24)28)18-13-19-7-3-2-4-8-19/h2-4,7-12H,5-6,13-18H2,1H3,(H,25,29). The maximum atomic E-state index is 13.5. The Bertz CT molecular complexity index is 884. The predicted octanol–water partition coefficient (Wildman–Crippen LogP) is 3.93. The minimum Gasteiger partial charge on any atom is -0.497 e. The highest BCUT2D eigenvalue weighted by Gasteiger charge is 2.52. The predicted molar refractivity (Wildman–Crippen MR) is 117 cm³/mol. The van der Waals surface area contributed by atoms with Gasteiger partial charge in [0, 0.05) is 25.3 Å².